The molecule has 0 aliphatic carbocycles. The van der Waals surface area contributed by atoms with Crippen molar-refractivity contribution >= 4 is 23.4 Å². The zero-order chi connectivity index (χ0) is 15.2. The summed E-state index contributed by atoms with van der Waals surface area (Å²) in [4.78, 5) is 12.4. The number of aryl methyl sites for hydroxylation is 1. The number of nitrogens with one attached hydrogen (secondary N) is 1. The molecular weight excluding hydrogens is 282 g/mol. The lowest BCUT2D eigenvalue weighted by Crippen LogP contribution is -2.31. The molecular formula is C16H19N3OS. The van der Waals surface area contributed by atoms with Gasteiger partial charge in [-0.1, -0.05) is 24.3 Å². The number of hydrogen-bond acceptors (Lipinski definition) is 4. The molecule has 0 bridgehead atoms. The van der Waals surface area contributed by atoms with Crippen molar-refractivity contribution < 1.29 is 4.79 Å². The average Bonchev–Trinajstić information content (AvgIpc) is 2.48. The maximum Gasteiger partial charge on any atom is 0.238 e. The number of hydrogen-bond donors (Lipinski definition) is 3. The summed E-state index contributed by atoms with van der Waals surface area (Å²) in [7, 11) is 0. The van der Waals surface area contributed by atoms with Crippen molar-refractivity contribution in [1.82, 2.24) is 5.43 Å². The molecule has 5 N–H and O–H groups in total. The highest BCUT2D eigenvalue weighted by Gasteiger charge is 2.03. The molecule has 0 heterocycles. The van der Waals surface area contributed by atoms with Gasteiger partial charge in [0.1, 0.15) is 0 Å². The summed E-state index contributed by atoms with van der Waals surface area (Å²) in [6.45, 7) is 2.06. The van der Waals surface area contributed by atoms with Crippen molar-refractivity contribution in [2.24, 2.45) is 5.84 Å². The molecule has 1 amide bonds. The number of benzene rings is 2. The minimum absolute atomic E-state index is 0.186. The second-order valence-electron chi connectivity index (χ2n) is 4.87. The van der Waals surface area contributed by atoms with Gasteiger partial charge in [0.2, 0.25) is 5.91 Å². The van der Waals surface area contributed by atoms with Crippen LogP contribution in [0.2, 0.25) is 0 Å². The Morgan fingerprint density at radius 1 is 1.14 bits per heavy atom. The van der Waals surface area contributed by atoms with Crippen LogP contribution in [0, 0.1) is 6.92 Å². The first-order valence-corrected chi connectivity index (χ1v) is 7.63. The number of anilines is 1. The van der Waals surface area contributed by atoms with Gasteiger partial charge in [0.25, 0.3) is 0 Å². The van der Waals surface area contributed by atoms with Gasteiger partial charge in [0, 0.05) is 16.3 Å². The number of carbonyl (C=O) groups excluding carboxylic acids is 1. The topological polar surface area (TPSA) is 81.1 Å². The number of nitrogen functional groups attached to an aromatic ring is 1. The molecule has 2 rings (SSSR count). The Hall–Kier alpha value is -1.98. The molecule has 5 heteroatoms. The molecule has 2 aromatic rings. The molecule has 0 atom stereocenters. The largest absolute Gasteiger partial charge is 0.399 e. The van der Waals surface area contributed by atoms with Crippen LogP contribution in [0.25, 0.3) is 0 Å². The fourth-order valence-corrected chi connectivity index (χ4v) is 2.95. The quantitative estimate of drug-likeness (QED) is 0.260. The number of rotatable bonds is 5. The zero-order valence-corrected chi connectivity index (χ0v) is 12.7. The zero-order valence-electron chi connectivity index (χ0n) is 11.9. The van der Waals surface area contributed by atoms with Gasteiger partial charge < -0.3 is 5.73 Å². The van der Waals surface area contributed by atoms with Crippen molar-refractivity contribution in [3.63, 3.8) is 0 Å². The van der Waals surface area contributed by atoms with E-state index in [2.05, 4.69) is 18.4 Å². The minimum Gasteiger partial charge on any atom is -0.399 e. The first-order chi connectivity index (χ1) is 10.1. The summed E-state index contributed by atoms with van der Waals surface area (Å²) in [5.41, 5.74) is 12.0. The van der Waals surface area contributed by atoms with E-state index in [0.29, 0.717) is 6.42 Å². The second-order valence-corrected chi connectivity index (χ2v) is 5.89. The van der Waals surface area contributed by atoms with Crippen LogP contribution in [0.3, 0.4) is 0 Å². The summed E-state index contributed by atoms with van der Waals surface area (Å²) >= 11 is 1.78. The van der Waals surface area contributed by atoms with Gasteiger partial charge in [-0.15, -0.1) is 11.8 Å². The third-order valence-corrected chi connectivity index (χ3v) is 4.39. The predicted molar refractivity (Wildman–Crippen MR) is 87.6 cm³/mol. The normalized spacial score (nSPS) is 10.4. The van der Waals surface area contributed by atoms with Crippen molar-refractivity contribution in [3.05, 3.63) is 59.2 Å². The van der Waals surface area contributed by atoms with Gasteiger partial charge in [0.15, 0.2) is 0 Å². The van der Waals surface area contributed by atoms with E-state index >= 15 is 0 Å². The monoisotopic (exact) mass is 301 g/mol. The molecule has 0 fully saturated rings. The van der Waals surface area contributed by atoms with Crippen LogP contribution in [0.5, 0.6) is 0 Å². The third-order valence-electron chi connectivity index (χ3n) is 3.14. The smallest absolute Gasteiger partial charge is 0.238 e. The minimum atomic E-state index is -0.186. The van der Waals surface area contributed by atoms with E-state index in [1.54, 1.807) is 11.8 Å². The van der Waals surface area contributed by atoms with E-state index in [9.17, 15) is 4.79 Å². The van der Waals surface area contributed by atoms with E-state index in [0.717, 1.165) is 17.0 Å². The molecule has 21 heavy (non-hydrogen) atoms. The predicted octanol–water partition coefficient (Wildman–Crippen LogP) is 2.40. The fraction of sp³-hybridized carbons (Fsp3) is 0.188. The van der Waals surface area contributed by atoms with Gasteiger partial charge >= 0.3 is 0 Å². The van der Waals surface area contributed by atoms with Gasteiger partial charge in [-0.2, -0.15) is 0 Å². The van der Waals surface area contributed by atoms with Crippen molar-refractivity contribution in [1.29, 1.82) is 0 Å². The van der Waals surface area contributed by atoms with Crippen molar-refractivity contribution in [3.8, 4) is 0 Å². The Kier molecular flexibility index (Phi) is 5.25. The summed E-state index contributed by atoms with van der Waals surface area (Å²) in [6, 6.07) is 14.0. The Bertz CT molecular complexity index is 626. The van der Waals surface area contributed by atoms with Gasteiger partial charge in [0.05, 0.1) is 6.42 Å². The highest BCUT2D eigenvalue weighted by molar-refractivity contribution is 7.98. The summed E-state index contributed by atoms with van der Waals surface area (Å²) < 4.78 is 0. The van der Waals surface area contributed by atoms with Crippen LogP contribution in [0.15, 0.2) is 47.4 Å². The number of amides is 1. The third kappa shape index (κ3) is 4.51. The van der Waals surface area contributed by atoms with E-state index < -0.39 is 0 Å². The summed E-state index contributed by atoms with van der Waals surface area (Å²) in [6.07, 6.45) is 0.307. The second kappa shape index (κ2) is 7.15. The molecule has 4 nitrogen and oxygen atoms in total. The Morgan fingerprint density at radius 2 is 1.81 bits per heavy atom. The van der Waals surface area contributed by atoms with E-state index in [1.165, 1.54) is 16.0 Å². The Labute approximate surface area is 128 Å². The van der Waals surface area contributed by atoms with Crippen molar-refractivity contribution in [2.75, 3.05) is 5.73 Å². The maximum absolute atomic E-state index is 11.2. The van der Waals surface area contributed by atoms with Gasteiger partial charge in [-0.05, 0) is 41.8 Å². The lowest BCUT2D eigenvalue weighted by molar-refractivity contribution is -0.120. The Morgan fingerprint density at radius 3 is 2.43 bits per heavy atom. The summed E-state index contributed by atoms with van der Waals surface area (Å²) in [5.74, 6) is 5.77. The molecule has 110 valence electrons. The molecule has 0 aromatic heterocycles. The van der Waals surface area contributed by atoms with Crippen LogP contribution in [-0.4, -0.2) is 5.91 Å². The molecule has 0 spiro atoms. The first kappa shape index (κ1) is 15.4. The molecule has 0 saturated heterocycles. The van der Waals surface area contributed by atoms with E-state index in [-0.39, 0.29) is 5.91 Å². The molecule has 0 unspecified atom stereocenters. The van der Waals surface area contributed by atoms with Gasteiger partial charge in [-0.25, -0.2) is 5.84 Å². The van der Waals surface area contributed by atoms with Crippen LogP contribution < -0.4 is 17.0 Å². The molecule has 2 aromatic carbocycles. The highest BCUT2D eigenvalue weighted by atomic mass is 32.2. The Balaban J connectivity index is 1.96. The lowest BCUT2D eigenvalue weighted by Gasteiger charge is -2.07. The fourth-order valence-electron chi connectivity index (χ4n) is 1.99. The number of hydrazine groups is 1. The number of carbonyl (C=O) groups is 1. The van der Waals surface area contributed by atoms with Crippen LogP contribution in [-0.2, 0) is 17.0 Å². The lowest BCUT2D eigenvalue weighted by atomic mass is 10.1. The van der Waals surface area contributed by atoms with Crippen molar-refractivity contribution in [2.45, 2.75) is 24.0 Å². The standard InChI is InChI=1S/C16H19N3OS/c1-11-8-14(17)6-7-15(11)21-10-13-4-2-12(3-5-13)9-16(20)19-18/h2-8H,9-10,17-18H2,1H3,(H,19,20). The number of nitrogens with two attached hydrogens (primary N) is 2. The average molecular weight is 301 g/mol. The highest BCUT2D eigenvalue weighted by Crippen LogP contribution is 2.27. The molecule has 0 radical (unpaired) electrons. The SMILES string of the molecule is Cc1cc(N)ccc1SCc1ccc(CC(=O)NN)cc1. The summed E-state index contributed by atoms with van der Waals surface area (Å²) in [5, 5.41) is 0. The number of thioether (sulfide) groups is 1. The van der Waals surface area contributed by atoms with E-state index in [4.69, 9.17) is 11.6 Å². The van der Waals surface area contributed by atoms with Crippen LogP contribution >= 0.6 is 11.8 Å². The van der Waals surface area contributed by atoms with Crippen LogP contribution in [0.4, 0.5) is 5.69 Å². The van der Waals surface area contributed by atoms with E-state index in [1.807, 2.05) is 36.4 Å². The van der Waals surface area contributed by atoms with Crippen LogP contribution in [0.1, 0.15) is 16.7 Å². The molecule has 0 aliphatic heterocycles. The maximum atomic E-state index is 11.2. The molecule has 0 saturated carbocycles. The molecule has 0 aliphatic rings. The van der Waals surface area contributed by atoms with Gasteiger partial charge in [-0.3, -0.25) is 10.2 Å². The first-order valence-electron chi connectivity index (χ1n) is 6.64.